The number of aromatic nitrogens is 2. The van der Waals surface area contributed by atoms with E-state index in [9.17, 15) is 4.79 Å². The van der Waals surface area contributed by atoms with Crippen molar-refractivity contribution in [3.05, 3.63) is 60.2 Å². The predicted molar refractivity (Wildman–Crippen MR) is 123 cm³/mol. The minimum absolute atomic E-state index is 0.117. The lowest BCUT2D eigenvalue weighted by Crippen LogP contribution is -2.33. The van der Waals surface area contributed by atoms with E-state index in [2.05, 4.69) is 40.6 Å². The van der Waals surface area contributed by atoms with Crippen molar-refractivity contribution in [1.29, 1.82) is 0 Å². The smallest absolute Gasteiger partial charge is 0.237 e. The Hall–Kier alpha value is -2.03. The Balaban J connectivity index is 1.35. The van der Waals surface area contributed by atoms with Gasteiger partial charge in [-0.1, -0.05) is 72.5 Å². The van der Waals surface area contributed by atoms with Crippen LogP contribution in [0, 0.1) is 0 Å². The molecule has 0 aliphatic carbocycles. The number of benzene rings is 2. The summed E-state index contributed by atoms with van der Waals surface area (Å²) in [4.78, 5) is 16.1. The van der Waals surface area contributed by atoms with Gasteiger partial charge in [0.15, 0.2) is 4.34 Å². The van der Waals surface area contributed by atoms with Crippen LogP contribution in [0.2, 0.25) is 0 Å². The number of carbonyl (C=O) groups is 1. The highest BCUT2D eigenvalue weighted by Crippen LogP contribution is 2.37. The molecule has 2 heterocycles. The molecule has 3 aromatic rings. The molecule has 1 atom stereocenters. The first-order valence-corrected chi connectivity index (χ1v) is 12.2. The van der Waals surface area contributed by atoms with E-state index in [0.717, 1.165) is 28.1 Å². The van der Waals surface area contributed by atoms with E-state index in [1.807, 2.05) is 53.1 Å². The van der Waals surface area contributed by atoms with Crippen molar-refractivity contribution in [2.24, 2.45) is 0 Å². The van der Waals surface area contributed by atoms with Crippen molar-refractivity contribution in [2.75, 3.05) is 22.5 Å². The summed E-state index contributed by atoms with van der Waals surface area (Å²) in [6.45, 7) is 3.68. The molecule has 1 amide bonds. The number of hydrogen-bond donors (Lipinski definition) is 1. The van der Waals surface area contributed by atoms with Crippen LogP contribution in [0.4, 0.5) is 10.8 Å². The Kier molecular flexibility index (Phi) is 6.74. The molecule has 0 spiro atoms. The average molecular weight is 443 g/mol. The van der Waals surface area contributed by atoms with Crippen molar-refractivity contribution < 1.29 is 4.79 Å². The topological polar surface area (TPSA) is 58.1 Å². The van der Waals surface area contributed by atoms with Gasteiger partial charge in [0, 0.05) is 23.2 Å². The molecule has 0 bridgehead atoms. The molecule has 29 heavy (non-hydrogen) atoms. The van der Waals surface area contributed by atoms with Crippen molar-refractivity contribution >= 4 is 51.6 Å². The maximum atomic E-state index is 12.9. The van der Waals surface area contributed by atoms with Gasteiger partial charge in [-0.25, -0.2) is 0 Å². The summed E-state index contributed by atoms with van der Waals surface area (Å²) in [5, 5.41) is 13.0. The Morgan fingerprint density at radius 3 is 2.83 bits per heavy atom. The van der Waals surface area contributed by atoms with Gasteiger partial charge in [-0.3, -0.25) is 4.79 Å². The number of hydrogen-bond acceptors (Lipinski definition) is 7. The van der Waals surface area contributed by atoms with Gasteiger partial charge in [0.1, 0.15) is 0 Å². The third kappa shape index (κ3) is 5.32. The normalized spacial score (nSPS) is 16.2. The minimum Gasteiger partial charge on any atom is -0.356 e. The van der Waals surface area contributed by atoms with Gasteiger partial charge in [0.25, 0.3) is 0 Å². The SMILES string of the molecule is CC1CCN(C(=O)CSc2nnc(NCc3ccccc3)s2)c2ccccc2S1. The first-order chi connectivity index (χ1) is 14.2. The van der Waals surface area contributed by atoms with E-state index in [1.54, 1.807) is 0 Å². The van der Waals surface area contributed by atoms with Gasteiger partial charge in [0.05, 0.1) is 11.4 Å². The van der Waals surface area contributed by atoms with Crippen LogP contribution in [-0.2, 0) is 11.3 Å². The van der Waals surface area contributed by atoms with Crippen LogP contribution in [0.1, 0.15) is 18.9 Å². The quantitative estimate of drug-likeness (QED) is 0.532. The number of amides is 1. The highest BCUT2D eigenvalue weighted by Gasteiger charge is 2.24. The number of nitrogens with one attached hydrogen (secondary N) is 1. The molecule has 0 saturated heterocycles. The van der Waals surface area contributed by atoms with Crippen molar-refractivity contribution in [1.82, 2.24) is 10.2 Å². The van der Waals surface area contributed by atoms with Gasteiger partial charge in [0.2, 0.25) is 11.0 Å². The van der Waals surface area contributed by atoms with Crippen LogP contribution >= 0.6 is 34.9 Å². The van der Waals surface area contributed by atoms with Crippen LogP contribution in [0.15, 0.2) is 63.8 Å². The summed E-state index contributed by atoms with van der Waals surface area (Å²) >= 11 is 4.79. The van der Waals surface area contributed by atoms with Crippen LogP contribution in [0.25, 0.3) is 0 Å². The summed E-state index contributed by atoms with van der Waals surface area (Å²) in [6, 6.07) is 18.4. The lowest BCUT2D eigenvalue weighted by Gasteiger charge is -2.22. The molecule has 1 unspecified atom stereocenters. The van der Waals surface area contributed by atoms with Crippen LogP contribution in [-0.4, -0.2) is 33.7 Å². The van der Waals surface area contributed by atoms with Crippen LogP contribution in [0.5, 0.6) is 0 Å². The molecular formula is C21H22N4OS3. The number of rotatable bonds is 6. The number of carbonyl (C=O) groups excluding carboxylic acids is 1. The van der Waals surface area contributed by atoms with E-state index in [0.29, 0.717) is 17.5 Å². The van der Waals surface area contributed by atoms with Crippen LogP contribution in [0.3, 0.4) is 0 Å². The zero-order valence-electron chi connectivity index (χ0n) is 16.1. The van der Waals surface area contributed by atoms with E-state index in [4.69, 9.17) is 0 Å². The van der Waals surface area contributed by atoms with E-state index in [1.165, 1.54) is 33.6 Å². The number of nitrogens with zero attached hydrogens (tertiary/aromatic N) is 3. The lowest BCUT2D eigenvalue weighted by atomic mass is 10.2. The number of thioether (sulfide) groups is 2. The molecule has 1 aliphatic rings. The standard InChI is InChI=1S/C21H22N4OS3/c1-15-11-12-25(17-9-5-6-10-18(17)28-15)19(26)14-27-21-24-23-20(29-21)22-13-16-7-3-2-4-8-16/h2-10,15H,11-14H2,1H3,(H,22,23). The van der Waals surface area contributed by atoms with Gasteiger partial charge in [-0.05, 0) is 24.1 Å². The van der Waals surface area contributed by atoms with Gasteiger partial charge in [-0.15, -0.1) is 22.0 Å². The van der Waals surface area contributed by atoms with Gasteiger partial charge < -0.3 is 10.2 Å². The number of anilines is 2. The number of fused-ring (bicyclic) bond motifs is 1. The fourth-order valence-electron chi connectivity index (χ4n) is 3.06. The van der Waals surface area contributed by atoms with Gasteiger partial charge in [-0.2, -0.15) is 0 Å². The molecule has 1 N–H and O–H groups in total. The summed E-state index contributed by atoms with van der Waals surface area (Å²) < 4.78 is 0.805. The summed E-state index contributed by atoms with van der Waals surface area (Å²) in [6.07, 6.45) is 0.988. The third-order valence-electron chi connectivity index (χ3n) is 4.56. The third-order valence-corrected chi connectivity index (χ3v) is 7.79. The Labute approximate surface area is 183 Å². The molecule has 1 aromatic heterocycles. The molecule has 2 aromatic carbocycles. The first kappa shape index (κ1) is 20.3. The minimum atomic E-state index is 0.117. The van der Waals surface area contributed by atoms with Gasteiger partial charge >= 0.3 is 0 Å². The summed E-state index contributed by atoms with van der Waals surface area (Å²) in [5.41, 5.74) is 2.22. The van der Waals surface area contributed by atoms with Crippen LogP contribution < -0.4 is 10.2 Å². The Morgan fingerprint density at radius 2 is 1.97 bits per heavy atom. The molecule has 0 fully saturated rings. The molecule has 0 saturated carbocycles. The molecular weight excluding hydrogens is 420 g/mol. The zero-order chi connectivity index (χ0) is 20.1. The maximum Gasteiger partial charge on any atom is 0.237 e. The Morgan fingerprint density at radius 1 is 1.17 bits per heavy atom. The van der Waals surface area contributed by atoms with Crippen molar-refractivity contribution in [2.45, 2.75) is 34.4 Å². The molecule has 150 valence electrons. The molecule has 1 aliphatic heterocycles. The fraction of sp³-hybridized carbons (Fsp3) is 0.286. The fourth-order valence-corrected chi connectivity index (χ4v) is 5.80. The Bertz CT molecular complexity index is 963. The lowest BCUT2D eigenvalue weighted by molar-refractivity contribution is -0.116. The molecule has 0 radical (unpaired) electrons. The molecule has 5 nitrogen and oxygen atoms in total. The predicted octanol–water partition coefficient (Wildman–Crippen LogP) is 5.16. The van der Waals surface area contributed by atoms with E-state index >= 15 is 0 Å². The largest absolute Gasteiger partial charge is 0.356 e. The first-order valence-electron chi connectivity index (χ1n) is 9.49. The second kappa shape index (κ2) is 9.65. The van der Waals surface area contributed by atoms with Crippen molar-refractivity contribution in [3.63, 3.8) is 0 Å². The highest BCUT2D eigenvalue weighted by molar-refractivity contribution is 8.01. The summed E-state index contributed by atoms with van der Waals surface area (Å²) in [5.74, 6) is 0.479. The van der Waals surface area contributed by atoms with Crippen molar-refractivity contribution in [3.8, 4) is 0 Å². The molecule has 8 heteroatoms. The second-order valence-electron chi connectivity index (χ2n) is 6.73. The zero-order valence-corrected chi connectivity index (χ0v) is 18.5. The van der Waals surface area contributed by atoms with E-state index < -0.39 is 0 Å². The monoisotopic (exact) mass is 442 g/mol. The molecule has 4 rings (SSSR count). The summed E-state index contributed by atoms with van der Waals surface area (Å²) in [7, 11) is 0. The maximum absolute atomic E-state index is 12.9. The number of para-hydroxylation sites is 1. The second-order valence-corrected chi connectivity index (χ2v) is 10.4. The van der Waals surface area contributed by atoms with E-state index in [-0.39, 0.29) is 5.91 Å². The highest BCUT2D eigenvalue weighted by atomic mass is 32.2. The average Bonchev–Trinajstić information content (AvgIpc) is 3.13.